The van der Waals surface area contributed by atoms with Crippen molar-refractivity contribution in [3.63, 3.8) is 0 Å². The maximum absolute atomic E-state index is 12.8. The zero-order chi connectivity index (χ0) is 14.3. The van der Waals surface area contributed by atoms with Crippen LogP contribution in [0.5, 0.6) is 0 Å². The van der Waals surface area contributed by atoms with Crippen LogP contribution in [-0.4, -0.2) is 60.1 Å². The van der Waals surface area contributed by atoms with Gasteiger partial charge < -0.3 is 14.9 Å². The van der Waals surface area contributed by atoms with Crippen molar-refractivity contribution in [2.45, 2.75) is 30.4 Å². The number of hydrogen-bond donors (Lipinski definition) is 1. The highest BCUT2D eigenvalue weighted by atomic mass is 16.3. The fourth-order valence-electron chi connectivity index (χ4n) is 3.25. The Kier molecular flexibility index (Phi) is 3.30. The maximum Gasteiger partial charge on any atom is 0.233 e. The maximum atomic E-state index is 12.8. The van der Waals surface area contributed by atoms with Crippen LogP contribution < -0.4 is 0 Å². The third-order valence-electron chi connectivity index (χ3n) is 4.70. The molecule has 4 heteroatoms. The summed E-state index contributed by atoms with van der Waals surface area (Å²) in [5.41, 5.74) is 0.801. The Morgan fingerprint density at radius 2 is 1.90 bits per heavy atom. The van der Waals surface area contributed by atoms with E-state index in [2.05, 4.69) is 0 Å². The second kappa shape index (κ2) is 4.86. The van der Waals surface area contributed by atoms with Gasteiger partial charge in [0.2, 0.25) is 5.91 Å². The third-order valence-corrected chi connectivity index (χ3v) is 4.70. The van der Waals surface area contributed by atoms with Crippen LogP contribution in [0.3, 0.4) is 0 Å². The summed E-state index contributed by atoms with van der Waals surface area (Å²) >= 11 is 0. The molecule has 1 saturated heterocycles. The summed E-state index contributed by atoms with van der Waals surface area (Å²) in [4.78, 5) is 16.7. The van der Waals surface area contributed by atoms with Gasteiger partial charge in [-0.3, -0.25) is 4.79 Å². The van der Waals surface area contributed by atoms with Crippen molar-refractivity contribution in [3.05, 3.63) is 35.9 Å². The normalized spacial score (nSPS) is 27.9. The van der Waals surface area contributed by atoms with Crippen LogP contribution in [0, 0.1) is 0 Å². The van der Waals surface area contributed by atoms with E-state index in [0.29, 0.717) is 13.1 Å². The van der Waals surface area contributed by atoms with E-state index in [0.717, 1.165) is 18.4 Å². The molecule has 2 aliphatic rings. The first-order valence-electron chi connectivity index (χ1n) is 7.24. The number of amides is 1. The SMILES string of the molecule is CN(C)[C@@H]1CN(C(=O)C2(c3ccccc3)CC2)C[C@H]1O. The fourth-order valence-corrected chi connectivity index (χ4v) is 3.25. The Morgan fingerprint density at radius 1 is 1.25 bits per heavy atom. The summed E-state index contributed by atoms with van der Waals surface area (Å²) < 4.78 is 0. The summed E-state index contributed by atoms with van der Waals surface area (Å²) in [5, 5.41) is 10.1. The number of nitrogens with zero attached hydrogens (tertiary/aromatic N) is 2. The lowest BCUT2D eigenvalue weighted by Crippen LogP contribution is -2.40. The van der Waals surface area contributed by atoms with Crippen LogP contribution >= 0.6 is 0 Å². The summed E-state index contributed by atoms with van der Waals surface area (Å²) in [6.07, 6.45) is 1.41. The van der Waals surface area contributed by atoms with Crippen LogP contribution in [-0.2, 0) is 10.2 Å². The fraction of sp³-hybridized carbons (Fsp3) is 0.562. The standard InChI is InChI=1S/C16H22N2O2/c1-17(2)13-10-18(11-14(13)19)15(20)16(8-9-16)12-6-4-3-5-7-12/h3-7,13-14,19H,8-11H2,1-2H3/t13-,14-/m1/s1. The quantitative estimate of drug-likeness (QED) is 0.889. The number of carbonyl (C=O) groups is 1. The van der Waals surface area contributed by atoms with Gasteiger partial charge in [-0.15, -0.1) is 0 Å². The van der Waals surface area contributed by atoms with Crippen LogP contribution in [0.1, 0.15) is 18.4 Å². The molecule has 0 unspecified atom stereocenters. The molecule has 2 fully saturated rings. The number of likely N-dealkylation sites (N-methyl/N-ethyl adjacent to an activating group) is 1. The molecule has 1 aromatic carbocycles. The number of β-amino-alcohol motifs (C(OH)–C–C–N with tert-alkyl or cyclic N) is 1. The van der Waals surface area contributed by atoms with E-state index in [9.17, 15) is 9.90 Å². The zero-order valence-electron chi connectivity index (χ0n) is 12.1. The van der Waals surface area contributed by atoms with Crippen LogP contribution in [0.25, 0.3) is 0 Å². The highest BCUT2D eigenvalue weighted by molar-refractivity contribution is 5.91. The topological polar surface area (TPSA) is 43.8 Å². The number of carbonyl (C=O) groups excluding carboxylic acids is 1. The Hall–Kier alpha value is -1.39. The summed E-state index contributed by atoms with van der Waals surface area (Å²) in [6, 6.07) is 10.1. The lowest BCUT2D eigenvalue weighted by molar-refractivity contribution is -0.133. The van der Waals surface area contributed by atoms with E-state index in [1.165, 1.54) is 0 Å². The monoisotopic (exact) mass is 274 g/mol. The third kappa shape index (κ3) is 2.13. The first-order valence-corrected chi connectivity index (χ1v) is 7.24. The molecular formula is C16H22N2O2. The molecule has 1 aromatic rings. The lowest BCUT2D eigenvalue weighted by atomic mass is 9.94. The number of rotatable bonds is 3. The Morgan fingerprint density at radius 3 is 2.40 bits per heavy atom. The average Bonchev–Trinajstić information content (AvgIpc) is 3.16. The molecule has 1 N–H and O–H groups in total. The minimum absolute atomic E-state index is 0.0468. The molecule has 20 heavy (non-hydrogen) atoms. The Labute approximate surface area is 120 Å². The van der Waals surface area contributed by atoms with Crippen LogP contribution in [0.4, 0.5) is 0 Å². The molecule has 1 saturated carbocycles. The first-order chi connectivity index (χ1) is 9.54. The number of hydrogen-bond acceptors (Lipinski definition) is 3. The van der Waals surface area contributed by atoms with Gasteiger partial charge in [-0.1, -0.05) is 30.3 Å². The molecule has 1 amide bonds. The van der Waals surface area contributed by atoms with E-state index >= 15 is 0 Å². The van der Waals surface area contributed by atoms with E-state index in [1.54, 1.807) is 0 Å². The first kappa shape index (κ1) is 13.6. The van der Waals surface area contributed by atoms with Gasteiger partial charge in [0.1, 0.15) is 0 Å². The molecule has 0 aromatic heterocycles. The molecule has 1 aliphatic carbocycles. The van der Waals surface area contributed by atoms with E-state index in [-0.39, 0.29) is 17.4 Å². The second-order valence-electron chi connectivity index (χ2n) is 6.26. The Balaban J connectivity index is 1.78. The van der Waals surface area contributed by atoms with Gasteiger partial charge in [0.05, 0.1) is 17.6 Å². The van der Waals surface area contributed by atoms with Crippen molar-refractivity contribution >= 4 is 5.91 Å². The van der Waals surface area contributed by atoms with Crippen molar-refractivity contribution in [1.29, 1.82) is 0 Å². The largest absolute Gasteiger partial charge is 0.390 e. The average molecular weight is 274 g/mol. The number of aliphatic hydroxyl groups excluding tert-OH is 1. The van der Waals surface area contributed by atoms with Crippen molar-refractivity contribution in [3.8, 4) is 0 Å². The molecule has 0 bridgehead atoms. The molecular weight excluding hydrogens is 252 g/mol. The molecule has 4 nitrogen and oxygen atoms in total. The number of benzene rings is 1. The molecule has 1 heterocycles. The van der Waals surface area contributed by atoms with Crippen molar-refractivity contribution < 1.29 is 9.90 Å². The van der Waals surface area contributed by atoms with Crippen molar-refractivity contribution in [1.82, 2.24) is 9.80 Å². The van der Waals surface area contributed by atoms with Crippen LogP contribution in [0.2, 0.25) is 0 Å². The molecule has 108 valence electrons. The Bertz CT molecular complexity index is 496. The minimum Gasteiger partial charge on any atom is -0.390 e. The van der Waals surface area contributed by atoms with E-state index < -0.39 is 6.10 Å². The van der Waals surface area contributed by atoms with Gasteiger partial charge in [0.15, 0.2) is 0 Å². The zero-order valence-corrected chi connectivity index (χ0v) is 12.1. The highest BCUT2D eigenvalue weighted by Crippen LogP contribution is 2.49. The van der Waals surface area contributed by atoms with Crippen molar-refractivity contribution in [2.75, 3.05) is 27.2 Å². The molecule has 1 aliphatic heterocycles. The van der Waals surface area contributed by atoms with E-state index in [4.69, 9.17) is 0 Å². The summed E-state index contributed by atoms with van der Waals surface area (Å²) in [5.74, 6) is 0.187. The lowest BCUT2D eigenvalue weighted by Gasteiger charge is -2.24. The highest BCUT2D eigenvalue weighted by Gasteiger charge is 2.54. The molecule has 0 radical (unpaired) electrons. The minimum atomic E-state index is -0.444. The number of likely N-dealkylation sites (tertiary alicyclic amines) is 1. The van der Waals surface area contributed by atoms with Gasteiger partial charge in [0.25, 0.3) is 0 Å². The van der Waals surface area contributed by atoms with Gasteiger partial charge in [-0.25, -0.2) is 0 Å². The van der Waals surface area contributed by atoms with E-state index in [1.807, 2.05) is 54.2 Å². The van der Waals surface area contributed by atoms with Crippen molar-refractivity contribution in [2.24, 2.45) is 0 Å². The molecule has 0 spiro atoms. The molecule has 2 atom stereocenters. The summed E-state index contributed by atoms with van der Waals surface area (Å²) in [6.45, 7) is 1.08. The van der Waals surface area contributed by atoms with Gasteiger partial charge in [-0.05, 0) is 32.5 Å². The summed E-state index contributed by atoms with van der Waals surface area (Å²) in [7, 11) is 3.90. The van der Waals surface area contributed by atoms with Gasteiger partial charge >= 0.3 is 0 Å². The smallest absolute Gasteiger partial charge is 0.233 e. The predicted octanol–water partition coefficient (Wildman–Crippen LogP) is 0.851. The second-order valence-corrected chi connectivity index (χ2v) is 6.26. The van der Waals surface area contributed by atoms with Crippen LogP contribution in [0.15, 0.2) is 30.3 Å². The predicted molar refractivity (Wildman–Crippen MR) is 77.4 cm³/mol. The molecule has 3 rings (SSSR count). The van der Waals surface area contributed by atoms with Gasteiger partial charge in [-0.2, -0.15) is 0 Å². The van der Waals surface area contributed by atoms with Gasteiger partial charge in [0, 0.05) is 13.1 Å². The number of aliphatic hydroxyl groups is 1.